The molecule has 1 aliphatic rings. The largest absolute Gasteiger partial charge is 0.496 e. The summed E-state index contributed by atoms with van der Waals surface area (Å²) in [4.78, 5) is 30.3. The number of fused-ring (bicyclic) bond motifs is 1. The van der Waals surface area contributed by atoms with Crippen molar-refractivity contribution in [2.24, 2.45) is 0 Å². The average Bonchev–Trinajstić information content (AvgIpc) is 3.35. The van der Waals surface area contributed by atoms with Gasteiger partial charge in [0.15, 0.2) is 0 Å². The van der Waals surface area contributed by atoms with E-state index < -0.39 is 0 Å². The smallest absolute Gasteiger partial charge is 0.266 e. The van der Waals surface area contributed by atoms with E-state index in [0.29, 0.717) is 22.5 Å². The Labute approximate surface area is 250 Å². The Balaban J connectivity index is 1.50. The van der Waals surface area contributed by atoms with E-state index in [-0.39, 0.29) is 17.9 Å². The quantitative estimate of drug-likeness (QED) is 0.233. The molecule has 0 atom stereocenters. The van der Waals surface area contributed by atoms with E-state index in [1.54, 1.807) is 26.0 Å². The lowest BCUT2D eigenvalue weighted by Gasteiger charge is -2.37. The van der Waals surface area contributed by atoms with E-state index in [1.807, 2.05) is 72.6 Å². The second-order valence-electron chi connectivity index (χ2n) is 10.6. The number of thiophene rings is 1. The molecule has 5 rings (SSSR count). The second-order valence-corrected chi connectivity index (χ2v) is 12.1. The summed E-state index contributed by atoms with van der Waals surface area (Å²) in [5.74, 6) is 0.691. The van der Waals surface area contributed by atoms with E-state index >= 15 is 0 Å². The molecule has 0 saturated heterocycles. The van der Waals surface area contributed by atoms with Crippen LogP contribution in [0.4, 0.5) is 5.69 Å². The molecule has 0 unspecified atom stereocenters. The van der Waals surface area contributed by atoms with E-state index in [0.717, 1.165) is 63.9 Å². The van der Waals surface area contributed by atoms with Gasteiger partial charge in [-0.25, -0.2) is 0 Å². The third-order valence-electron chi connectivity index (χ3n) is 8.22. The average molecular weight is 590 g/mol. The predicted octanol–water partition coefficient (Wildman–Crippen LogP) is 7.39. The third kappa shape index (κ3) is 6.13. The first kappa shape index (κ1) is 29.1. The minimum Gasteiger partial charge on any atom is -0.496 e. The van der Waals surface area contributed by atoms with E-state index in [1.165, 1.54) is 11.3 Å². The molecule has 1 heterocycles. The number of anilines is 1. The van der Waals surface area contributed by atoms with E-state index in [2.05, 4.69) is 11.4 Å². The summed E-state index contributed by atoms with van der Waals surface area (Å²) < 4.78 is 6.79. The summed E-state index contributed by atoms with van der Waals surface area (Å²) in [7, 11) is 5.44. The van der Waals surface area contributed by atoms with Gasteiger partial charge in [0.05, 0.1) is 12.1 Å². The Morgan fingerprint density at radius 1 is 1.00 bits per heavy atom. The van der Waals surface area contributed by atoms with Crippen molar-refractivity contribution in [3.63, 3.8) is 0 Å². The van der Waals surface area contributed by atoms with Crippen molar-refractivity contribution in [3.8, 4) is 16.9 Å². The van der Waals surface area contributed by atoms with Gasteiger partial charge >= 0.3 is 0 Å². The number of ether oxygens (including phenoxy) is 1. The fraction of sp³-hybridized carbons (Fsp3) is 0.333. The number of halogens is 1. The van der Waals surface area contributed by atoms with Gasteiger partial charge in [0, 0.05) is 53.9 Å². The molecule has 0 aliphatic heterocycles. The Hall–Kier alpha value is -3.39. The Morgan fingerprint density at radius 2 is 1.68 bits per heavy atom. The van der Waals surface area contributed by atoms with Crippen molar-refractivity contribution in [1.29, 1.82) is 0 Å². The zero-order valence-corrected chi connectivity index (χ0v) is 25.5. The van der Waals surface area contributed by atoms with Gasteiger partial charge in [0.25, 0.3) is 5.91 Å². The normalized spacial score (nSPS) is 16.9. The minimum absolute atomic E-state index is 0.0169. The molecule has 6 nitrogen and oxygen atoms in total. The molecule has 0 spiro atoms. The van der Waals surface area contributed by atoms with Crippen molar-refractivity contribution >= 4 is 50.5 Å². The van der Waals surface area contributed by atoms with Crippen LogP contribution in [0.15, 0.2) is 66.7 Å². The first-order valence-corrected chi connectivity index (χ1v) is 15.2. The third-order valence-corrected chi connectivity index (χ3v) is 9.88. The predicted molar refractivity (Wildman–Crippen MR) is 169 cm³/mol. The molecule has 1 aromatic heterocycles. The maximum atomic E-state index is 14.3. The van der Waals surface area contributed by atoms with E-state index in [9.17, 15) is 9.59 Å². The lowest BCUT2D eigenvalue weighted by Crippen LogP contribution is -2.44. The van der Waals surface area contributed by atoms with Crippen LogP contribution >= 0.6 is 22.9 Å². The molecular formula is C33H36ClN3O3S. The maximum absolute atomic E-state index is 14.3. The Bertz CT molecular complexity index is 1540. The molecule has 41 heavy (non-hydrogen) atoms. The Kier molecular flexibility index (Phi) is 8.97. The number of hydrogen-bond acceptors (Lipinski definition) is 5. The molecular weight excluding hydrogens is 554 g/mol. The van der Waals surface area contributed by atoms with Gasteiger partial charge in [-0.1, -0.05) is 48.0 Å². The molecule has 2 amide bonds. The first-order valence-electron chi connectivity index (χ1n) is 14.0. The van der Waals surface area contributed by atoms with Crippen LogP contribution in [0.25, 0.3) is 21.2 Å². The number of nitrogens with one attached hydrogen (secondary N) is 1. The number of carbonyl (C=O) groups excluding carboxylic acids is 2. The highest BCUT2D eigenvalue weighted by Gasteiger charge is 2.32. The summed E-state index contributed by atoms with van der Waals surface area (Å²) >= 11 is 8.27. The number of nitrogens with zero attached hydrogens (tertiary/aromatic N) is 2. The van der Waals surface area contributed by atoms with Crippen LogP contribution < -0.4 is 15.0 Å². The van der Waals surface area contributed by atoms with Crippen molar-refractivity contribution in [1.82, 2.24) is 10.2 Å². The monoisotopic (exact) mass is 589 g/mol. The van der Waals surface area contributed by atoms with Gasteiger partial charge in [0.1, 0.15) is 10.6 Å². The molecule has 8 heteroatoms. The summed E-state index contributed by atoms with van der Waals surface area (Å²) in [5.41, 5.74) is 3.82. The van der Waals surface area contributed by atoms with Crippen LogP contribution in [0, 0.1) is 0 Å². The summed E-state index contributed by atoms with van der Waals surface area (Å²) in [6.45, 7) is 1.97. The van der Waals surface area contributed by atoms with Gasteiger partial charge in [-0.05, 0) is 74.2 Å². The molecule has 1 saturated carbocycles. The van der Waals surface area contributed by atoms with Gasteiger partial charge in [-0.15, -0.1) is 11.3 Å². The van der Waals surface area contributed by atoms with Crippen molar-refractivity contribution in [2.45, 2.75) is 51.2 Å². The molecule has 0 radical (unpaired) electrons. The maximum Gasteiger partial charge on any atom is 0.266 e. The van der Waals surface area contributed by atoms with E-state index in [4.69, 9.17) is 16.3 Å². The molecule has 1 N–H and O–H groups in total. The second kappa shape index (κ2) is 12.6. The zero-order valence-electron chi connectivity index (χ0n) is 23.9. The van der Waals surface area contributed by atoms with Crippen LogP contribution in [-0.2, 0) is 11.3 Å². The van der Waals surface area contributed by atoms with Crippen LogP contribution in [0.5, 0.6) is 5.75 Å². The molecule has 214 valence electrons. The number of methoxy groups -OCH3 is 1. The minimum atomic E-state index is -0.0341. The van der Waals surface area contributed by atoms with Gasteiger partial charge < -0.3 is 19.9 Å². The number of rotatable bonds is 8. The fourth-order valence-electron chi connectivity index (χ4n) is 5.65. The van der Waals surface area contributed by atoms with Gasteiger partial charge in [-0.2, -0.15) is 0 Å². The number of amides is 2. The highest BCUT2D eigenvalue weighted by Crippen LogP contribution is 2.38. The summed E-state index contributed by atoms with van der Waals surface area (Å²) in [6.07, 6.45) is 3.88. The topological polar surface area (TPSA) is 61.9 Å². The molecule has 3 aromatic carbocycles. The molecule has 1 fully saturated rings. The molecule has 4 aromatic rings. The SMILES string of the molecule is CNC1CCC(N(Cc2cc(-c3ccc(N(C)C(C)=O)cc3)ccc2OC)C(=O)c2sc3ccccc3c2Cl)CC1. The summed E-state index contributed by atoms with van der Waals surface area (Å²) in [6, 6.07) is 22.5. The van der Waals surface area contributed by atoms with Crippen molar-refractivity contribution in [3.05, 3.63) is 82.2 Å². The molecule has 0 bridgehead atoms. The van der Waals surface area contributed by atoms with Crippen LogP contribution in [0.2, 0.25) is 5.02 Å². The number of carbonyl (C=O) groups is 2. The zero-order chi connectivity index (χ0) is 29.1. The number of hydrogen-bond donors (Lipinski definition) is 1. The lowest BCUT2D eigenvalue weighted by molar-refractivity contribution is -0.116. The fourth-order valence-corrected chi connectivity index (χ4v) is 7.12. The van der Waals surface area contributed by atoms with Crippen LogP contribution in [0.3, 0.4) is 0 Å². The molecule has 1 aliphatic carbocycles. The highest BCUT2D eigenvalue weighted by atomic mass is 35.5. The first-order chi connectivity index (χ1) is 19.8. The van der Waals surface area contributed by atoms with Gasteiger partial charge in [0.2, 0.25) is 5.91 Å². The Morgan fingerprint density at radius 3 is 2.32 bits per heavy atom. The van der Waals surface area contributed by atoms with Gasteiger partial charge in [-0.3, -0.25) is 9.59 Å². The van der Waals surface area contributed by atoms with Crippen LogP contribution in [-0.4, -0.2) is 50.0 Å². The summed E-state index contributed by atoms with van der Waals surface area (Å²) in [5, 5.41) is 4.84. The highest BCUT2D eigenvalue weighted by molar-refractivity contribution is 7.21. The van der Waals surface area contributed by atoms with Crippen molar-refractivity contribution in [2.75, 3.05) is 26.1 Å². The van der Waals surface area contributed by atoms with Crippen molar-refractivity contribution < 1.29 is 14.3 Å². The lowest BCUT2D eigenvalue weighted by atomic mass is 9.89. The number of benzene rings is 3. The standard InChI is InChI=1S/C33H36ClN3O3S/c1-21(38)36(3)26-14-9-22(10-15-26)23-11-18-29(40-4)24(19-23)20-37(27-16-12-25(35-2)13-17-27)33(39)32-31(34)28-7-5-6-8-30(28)41-32/h5-11,14-15,18-19,25,27,35H,12-13,16-17,20H2,1-4H3. The van der Waals surface area contributed by atoms with Crippen LogP contribution in [0.1, 0.15) is 47.8 Å².